The molecule has 1 aliphatic rings. The van der Waals surface area contributed by atoms with Crippen molar-refractivity contribution in [2.75, 3.05) is 13.7 Å². The van der Waals surface area contributed by atoms with Gasteiger partial charge in [0.1, 0.15) is 16.5 Å². The third kappa shape index (κ3) is 3.77. The monoisotopic (exact) mass is 420 g/mol. The first-order valence-corrected chi connectivity index (χ1v) is 10.1. The molecular formula is C22H20N4O3S. The lowest BCUT2D eigenvalue weighted by Crippen LogP contribution is -2.43. The number of nitrogens with zero attached hydrogens (tertiary/aromatic N) is 2. The second kappa shape index (κ2) is 8.00. The summed E-state index contributed by atoms with van der Waals surface area (Å²) in [6.07, 6.45) is 0. The third-order valence-corrected chi connectivity index (χ3v) is 5.60. The standard InChI is InChI=1S/C22H20N4O3S/c1-13-6-8-14(9-7-13)17-12-30-22(24-17)19-18(27)11-26(20(19)23)25-21(28)15-4-3-5-16(10-15)29-2/h3-10,12,23,27H,11H2,1-2H3,(H,25,28). The maximum absolute atomic E-state index is 12.6. The van der Waals surface area contributed by atoms with Crippen LogP contribution >= 0.6 is 11.3 Å². The van der Waals surface area contributed by atoms with E-state index in [0.29, 0.717) is 21.9 Å². The second-order valence-corrected chi connectivity index (χ2v) is 7.69. The molecule has 0 saturated carbocycles. The summed E-state index contributed by atoms with van der Waals surface area (Å²) in [7, 11) is 1.53. The molecular weight excluding hydrogens is 400 g/mol. The van der Waals surface area contributed by atoms with E-state index < -0.39 is 5.91 Å². The van der Waals surface area contributed by atoms with Crippen molar-refractivity contribution in [2.45, 2.75) is 6.92 Å². The van der Waals surface area contributed by atoms with E-state index in [0.717, 1.165) is 16.8 Å². The fourth-order valence-corrected chi connectivity index (χ4v) is 3.99. The van der Waals surface area contributed by atoms with E-state index in [9.17, 15) is 9.90 Å². The first-order valence-electron chi connectivity index (χ1n) is 9.23. The van der Waals surface area contributed by atoms with Crippen LogP contribution in [0.5, 0.6) is 5.75 Å². The Hall–Kier alpha value is -3.65. The van der Waals surface area contributed by atoms with Crippen LogP contribution in [0, 0.1) is 12.3 Å². The zero-order chi connectivity index (χ0) is 21.3. The van der Waals surface area contributed by atoms with E-state index in [1.807, 2.05) is 36.6 Å². The topological polar surface area (TPSA) is 98.5 Å². The Morgan fingerprint density at radius 1 is 1.27 bits per heavy atom. The zero-order valence-corrected chi connectivity index (χ0v) is 17.3. The van der Waals surface area contributed by atoms with Crippen molar-refractivity contribution in [1.82, 2.24) is 15.4 Å². The number of aryl methyl sites for hydroxylation is 1. The lowest BCUT2D eigenvalue weighted by molar-refractivity contribution is 0.0874. The van der Waals surface area contributed by atoms with Gasteiger partial charge in [-0.15, -0.1) is 11.3 Å². The van der Waals surface area contributed by atoms with E-state index in [2.05, 4.69) is 10.4 Å². The molecule has 3 aromatic rings. The van der Waals surface area contributed by atoms with Gasteiger partial charge in [-0.1, -0.05) is 35.9 Å². The summed E-state index contributed by atoms with van der Waals surface area (Å²) < 4.78 is 5.14. The molecule has 4 rings (SSSR count). The average Bonchev–Trinajstić information content (AvgIpc) is 3.33. The Morgan fingerprint density at radius 3 is 2.77 bits per heavy atom. The molecule has 8 heteroatoms. The van der Waals surface area contributed by atoms with Gasteiger partial charge >= 0.3 is 0 Å². The largest absolute Gasteiger partial charge is 0.509 e. The van der Waals surface area contributed by atoms with Crippen molar-refractivity contribution in [3.63, 3.8) is 0 Å². The van der Waals surface area contributed by atoms with Gasteiger partial charge in [0.05, 0.1) is 24.9 Å². The van der Waals surface area contributed by atoms with Crippen LogP contribution in [0.25, 0.3) is 16.8 Å². The summed E-state index contributed by atoms with van der Waals surface area (Å²) >= 11 is 1.35. The van der Waals surface area contributed by atoms with Gasteiger partial charge in [0, 0.05) is 16.5 Å². The lowest BCUT2D eigenvalue weighted by Gasteiger charge is -2.19. The number of aromatic nitrogens is 1. The first-order chi connectivity index (χ1) is 14.5. The van der Waals surface area contributed by atoms with Gasteiger partial charge in [0.25, 0.3) is 5.91 Å². The number of benzene rings is 2. The minimum Gasteiger partial charge on any atom is -0.509 e. The Labute approximate surface area is 177 Å². The summed E-state index contributed by atoms with van der Waals surface area (Å²) in [5, 5.41) is 22.6. The second-order valence-electron chi connectivity index (χ2n) is 6.83. The van der Waals surface area contributed by atoms with Crippen molar-refractivity contribution in [1.29, 1.82) is 5.41 Å². The summed E-state index contributed by atoms with van der Waals surface area (Å²) in [5.74, 6) is 0.156. The number of rotatable bonds is 5. The Balaban J connectivity index is 1.51. The molecule has 0 aliphatic carbocycles. The number of nitrogens with one attached hydrogen (secondary N) is 2. The Bertz CT molecular complexity index is 1150. The summed E-state index contributed by atoms with van der Waals surface area (Å²) in [4.78, 5) is 17.2. The summed E-state index contributed by atoms with van der Waals surface area (Å²) in [5.41, 5.74) is 6.29. The number of thiazole rings is 1. The fourth-order valence-electron chi connectivity index (χ4n) is 3.10. The minimum absolute atomic E-state index is 0.00329. The molecule has 0 radical (unpaired) electrons. The van der Waals surface area contributed by atoms with Gasteiger partial charge in [0.2, 0.25) is 0 Å². The molecule has 0 bridgehead atoms. The van der Waals surface area contributed by atoms with Crippen molar-refractivity contribution < 1.29 is 14.6 Å². The summed E-state index contributed by atoms with van der Waals surface area (Å²) in [6.45, 7) is 2.02. The van der Waals surface area contributed by atoms with E-state index in [1.54, 1.807) is 24.3 Å². The van der Waals surface area contributed by atoms with Crippen molar-refractivity contribution >= 4 is 28.7 Å². The number of hydrogen-bond donors (Lipinski definition) is 3. The van der Waals surface area contributed by atoms with Crippen LogP contribution in [-0.2, 0) is 0 Å². The predicted octanol–water partition coefficient (Wildman–Crippen LogP) is 4.03. The van der Waals surface area contributed by atoms with Gasteiger partial charge in [0.15, 0.2) is 5.84 Å². The maximum atomic E-state index is 12.6. The molecule has 0 spiro atoms. The van der Waals surface area contributed by atoms with Gasteiger partial charge in [-0.3, -0.25) is 20.6 Å². The van der Waals surface area contributed by atoms with Gasteiger partial charge in [-0.05, 0) is 25.1 Å². The quantitative estimate of drug-likeness (QED) is 0.579. The van der Waals surface area contributed by atoms with Crippen LogP contribution in [0.4, 0.5) is 0 Å². The molecule has 0 atom stereocenters. The van der Waals surface area contributed by atoms with Crippen molar-refractivity contribution in [2.24, 2.45) is 0 Å². The predicted molar refractivity (Wildman–Crippen MR) is 117 cm³/mol. The van der Waals surface area contributed by atoms with Crippen LogP contribution in [0.15, 0.2) is 59.7 Å². The number of hydrazine groups is 1. The van der Waals surface area contributed by atoms with E-state index in [-0.39, 0.29) is 18.1 Å². The number of amides is 1. The lowest BCUT2D eigenvalue weighted by atomic mass is 10.1. The van der Waals surface area contributed by atoms with Crippen LogP contribution in [0.3, 0.4) is 0 Å². The van der Waals surface area contributed by atoms with Crippen LogP contribution < -0.4 is 10.2 Å². The molecule has 30 heavy (non-hydrogen) atoms. The molecule has 1 amide bonds. The van der Waals surface area contributed by atoms with Gasteiger partial charge in [-0.2, -0.15) is 0 Å². The number of ether oxygens (including phenoxy) is 1. The Kier molecular flexibility index (Phi) is 5.24. The maximum Gasteiger partial charge on any atom is 0.269 e. The summed E-state index contributed by atoms with van der Waals surface area (Å²) in [6, 6.07) is 14.7. The molecule has 2 heterocycles. The molecule has 3 N–H and O–H groups in total. The molecule has 0 unspecified atom stereocenters. The number of amidine groups is 1. The minimum atomic E-state index is -0.396. The molecule has 0 saturated heterocycles. The first kappa shape index (κ1) is 19.7. The fraction of sp³-hybridized carbons (Fsp3) is 0.136. The zero-order valence-electron chi connectivity index (χ0n) is 16.5. The third-order valence-electron chi connectivity index (χ3n) is 4.74. The number of aliphatic hydroxyl groups excluding tert-OH is 1. The van der Waals surface area contributed by atoms with Gasteiger partial charge < -0.3 is 9.84 Å². The van der Waals surface area contributed by atoms with Crippen LogP contribution in [0.1, 0.15) is 20.9 Å². The number of carbonyl (C=O) groups is 1. The molecule has 0 fully saturated rings. The number of carbonyl (C=O) groups excluding carboxylic acids is 1. The highest BCUT2D eigenvalue weighted by atomic mass is 32.1. The normalized spacial score (nSPS) is 13.7. The number of methoxy groups -OCH3 is 1. The highest BCUT2D eigenvalue weighted by Crippen LogP contribution is 2.31. The SMILES string of the molecule is COc1cccc(C(=O)NN2CC(O)=C(c3nc(-c4ccc(C)cc4)cs3)C2=N)c1. The molecule has 2 aromatic carbocycles. The van der Waals surface area contributed by atoms with Crippen LogP contribution in [-0.4, -0.2) is 40.5 Å². The Morgan fingerprint density at radius 2 is 2.03 bits per heavy atom. The number of hydrogen-bond acceptors (Lipinski definition) is 6. The highest BCUT2D eigenvalue weighted by Gasteiger charge is 2.31. The highest BCUT2D eigenvalue weighted by molar-refractivity contribution is 7.11. The number of aliphatic hydroxyl groups is 1. The van der Waals surface area contributed by atoms with Crippen LogP contribution in [0.2, 0.25) is 0 Å². The van der Waals surface area contributed by atoms with E-state index in [4.69, 9.17) is 10.1 Å². The van der Waals surface area contributed by atoms with Crippen molar-refractivity contribution in [3.05, 3.63) is 75.8 Å². The molecule has 7 nitrogen and oxygen atoms in total. The van der Waals surface area contributed by atoms with E-state index in [1.165, 1.54) is 23.5 Å². The van der Waals surface area contributed by atoms with E-state index >= 15 is 0 Å². The molecule has 1 aromatic heterocycles. The average molecular weight is 420 g/mol. The smallest absolute Gasteiger partial charge is 0.269 e. The molecule has 1 aliphatic heterocycles. The van der Waals surface area contributed by atoms with Crippen molar-refractivity contribution in [3.8, 4) is 17.0 Å². The van der Waals surface area contributed by atoms with Gasteiger partial charge in [-0.25, -0.2) is 4.98 Å². The molecule has 152 valence electrons.